The lowest BCUT2D eigenvalue weighted by atomic mass is 9.94. The maximum atomic E-state index is 13.2. The molecule has 2 aliphatic heterocycles. The molecule has 2 aliphatic rings. The van der Waals surface area contributed by atoms with Crippen LogP contribution in [0.4, 0.5) is 0 Å². The SMILES string of the molecule is CC1CN(C(=O)C2CCN(C(=O)c3c[nH]c(=S)n3-c3ccccc3)CC2)CC(C)O1. The Bertz CT molecular complexity index is 952. The summed E-state index contributed by atoms with van der Waals surface area (Å²) in [5.41, 5.74) is 1.37. The van der Waals surface area contributed by atoms with E-state index in [0.717, 1.165) is 5.69 Å². The van der Waals surface area contributed by atoms with Gasteiger partial charge in [-0.3, -0.25) is 14.2 Å². The summed E-state index contributed by atoms with van der Waals surface area (Å²) in [6.45, 7) is 6.43. The van der Waals surface area contributed by atoms with Crippen LogP contribution in [0.25, 0.3) is 5.69 Å². The number of carbonyl (C=O) groups is 2. The summed E-state index contributed by atoms with van der Waals surface area (Å²) < 4.78 is 8.00. The first-order valence-corrected chi connectivity index (χ1v) is 10.9. The van der Waals surface area contributed by atoms with Crippen molar-refractivity contribution in [3.8, 4) is 5.69 Å². The summed E-state index contributed by atoms with van der Waals surface area (Å²) in [6.07, 6.45) is 3.16. The maximum absolute atomic E-state index is 13.2. The number of para-hydroxylation sites is 1. The van der Waals surface area contributed by atoms with Crippen LogP contribution in [-0.2, 0) is 9.53 Å². The molecule has 2 saturated heterocycles. The van der Waals surface area contributed by atoms with Gasteiger partial charge in [-0.05, 0) is 51.0 Å². The second kappa shape index (κ2) is 8.73. The van der Waals surface area contributed by atoms with Crippen LogP contribution < -0.4 is 0 Å². The molecular formula is C22H28N4O3S. The molecule has 0 bridgehead atoms. The normalized spacial score (nSPS) is 22.9. The smallest absolute Gasteiger partial charge is 0.272 e. The number of likely N-dealkylation sites (tertiary alicyclic amines) is 1. The van der Waals surface area contributed by atoms with Crippen molar-refractivity contribution in [2.75, 3.05) is 26.2 Å². The molecule has 160 valence electrons. The van der Waals surface area contributed by atoms with Crippen molar-refractivity contribution in [3.05, 3.63) is 47.0 Å². The molecule has 30 heavy (non-hydrogen) atoms. The van der Waals surface area contributed by atoms with Crippen molar-refractivity contribution in [2.45, 2.75) is 38.9 Å². The second-order valence-electron chi connectivity index (χ2n) is 8.22. The molecule has 3 heterocycles. The Balaban J connectivity index is 1.42. The Morgan fingerprint density at radius 3 is 2.30 bits per heavy atom. The van der Waals surface area contributed by atoms with Crippen molar-refractivity contribution in [1.29, 1.82) is 0 Å². The molecule has 0 saturated carbocycles. The van der Waals surface area contributed by atoms with Gasteiger partial charge in [-0.25, -0.2) is 0 Å². The van der Waals surface area contributed by atoms with E-state index in [2.05, 4.69) is 4.98 Å². The van der Waals surface area contributed by atoms with Crippen molar-refractivity contribution in [1.82, 2.24) is 19.4 Å². The van der Waals surface area contributed by atoms with Crippen LogP contribution in [0.5, 0.6) is 0 Å². The number of rotatable bonds is 3. The summed E-state index contributed by atoms with van der Waals surface area (Å²) in [5.74, 6) is 0.0946. The molecule has 8 heteroatoms. The summed E-state index contributed by atoms with van der Waals surface area (Å²) >= 11 is 5.40. The Labute approximate surface area is 181 Å². The van der Waals surface area contributed by atoms with E-state index >= 15 is 0 Å². The molecule has 7 nitrogen and oxygen atoms in total. The van der Waals surface area contributed by atoms with Crippen LogP contribution in [0.15, 0.2) is 36.5 Å². The fourth-order valence-corrected chi connectivity index (χ4v) is 4.73. The monoisotopic (exact) mass is 428 g/mol. The number of aromatic amines is 1. The number of H-pyrrole nitrogens is 1. The first-order valence-electron chi connectivity index (χ1n) is 10.5. The first kappa shape index (κ1) is 20.8. The van der Waals surface area contributed by atoms with E-state index in [1.54, 1.807) is 10.8 Å². The Hall–Kier alpha value is -2.45. The van der Waals surface area contributed by atoms with Gasteiger partial charge in [0.25, 0.3) is 5.91 Å². The average Bonchev–Trinajstić information content (AvgIpc) is 3.14. The Morgan fingerprint density at radius 2 is 1.67 bits per heavy atom. The number of aromatic nitrogens is 2. The van der Waals surface area contributed by atoms with Gasteiger partial charge in [-0.2, -0.15) is 0 Å². The van der Waals surface area contributed by atoms with E-state index in [4.69, 9.17) is 17.0 Å². The van der Waals surface area contributed by atoms with Crippen molar-refractivity contribution in [3.63, 3.8) is 0 Å². The van der Waals surface area contributed by atoms with Gasteiger partial charge in [-0.15, -0.1) is 0 Å². The van der Waals surface area contributed by atoms with Gasteiger partial charge < -0.3 is 19.5 Å². The van der Waals surface area contributed by atoms with Gasteiger partial charge in [0.05, 0.1) is 12.2 Å². The lowest BCUT2D eigenvalue weighted by molar-refractivity contribution is -0.148. The van der Waals surface area contributed by atoms with Crippen LogP contribution >= 0.6 is 12.2 Å². The number of benzene rings is 1. The molecule has 1 N–H and O–H groups in total. The maximum Gasteiger partial charge on any atom is 0.272 e. The van der Waals surface area contributed by atoms with Crippen LogP contribution in [0, 0.1) is 10.7 Å². The number of nitrogens with zero attached hydrogens (tertiary/aromatic N) is 3. The number of carbonyl (C=O) groups excluding carboxylic acids is 2. The topological polar surface area (TPSA) is 70.6 Å². The lowest BCUT2D eigenvalue weighted by Gasteiger charge is -2.39. The highest BCUT2D eigenvalue weighted by molar-refractivity contribution is 7.71. The van der Waals surface area contributed by atoms with E-state index in [0.29, 0.717) is 49.5 Å². The zero-order valence-corrected chi connectivity index (χ0v) is 18.2. The third-order valence-corrected chi connectivity index (χ3v) is 6.17. The Kier molecular flexibility index (Phi) is 6.06. The molecule has 4 rings (SSSR count). The number of ether oxygens (including phenoxy) is 1. The zero-order chi connectivity index (χ0) is 21.3. The van der Waals surface area contributed by atoms with E-state index < -0.39 is 0 Å². The highest BCUT2D eigenvalue weighted by atomic mass is 32.1. The van der Waals surface area contributed by atoms with Crippen LogP contribution in [0.2, 0.25) is 0 Å². The van der Waals surface area contributed by atoms with E-state index in [1.165, 1.54) is 0 Å². The fraction of sp³-hybridized carbons (Fsp3) is 0.500. The van der Waals surface area contributed by atoms with Gasteiger partial charge in [0.2, 0.25) is 5.91 Å². The van der Waals surface area contributed by atoms with Gasteiger partial charge in [0.1, 0.15) is 5.69 Å². The number of nitrogens with one attached hydrogen (secondary N) is 1. The summed E-state index contributed by atoms with van der Waals surface area (Å²) in [6, 6.07) is 9.62. The molecule has 2 unspecified atom stereocenters. The van der Waals surface area contributed by atoms with E-state index in [9.17, 15) is 9.59 Å². The average molecular weight is 429 g/mol. The van der Waals surface area contributed by atoms with Crippen molar-refractivity contribution >= 4 is 24.0 Å². The molecule has 2 atom stereocenters. The minimum Gasteiger partial charge on any atom is -0.372 e. The van der Waals surface area contributed by atoms with Crippen molar-refractivity contribution < 1.29 is 14.3 Å². The number of piperidine rings is 1. The van der Waals surface area contributed by atoms with Gasteiger partial charge in [0.15, 0.2) is 4.77 Å². The molecule has 2 fully saturated rings. The largest absolute Gasteiger partial charge is 0.372 e. The molecule has 1 aromatic heterocycles. The summed E-state index contributed by atoms with van der Waals surface area (Å²) in [7, 11) is 0. The third kappa shape index (κ3) is 4.20. The number of hydrogen-bond donors (Lipinski definition) is 1. The summed E-state index contributed by atoms with van der Waals surface area (Å²) in [4.78, 5) is 32.9. The van der Waals surface area contributed by atoms with Crippen LogP contribution in [0.1, 0.15) is 37.2 Å². The molecule has 0 spiro atoms. The number of morpholine rings is 1. The molecule has 0 radical (unpaired) electrons. The van der Waals surface area contributed by atoms with E-state index in [-0.39, 0.29) is 29.9 Å². The molecule has 2 amide bonds. The molecule has 0 aliphatic carbocycles. The fourth-order valence-electron chi connectivity index (χ4n) is 4.47. The standard InChI is InChI=1S/C22H28N4O3S/c1-15-13-25(14-16(2)29-15)20(27)17-8-10-24(11-9-17)21(28)19-12-23-22(30)26(19)18-6-4-3-5-7-18/h3-7,12,15-17H,8-11,13-14H2,1-2H3,(H,23,30). The number of amides is 2. The number of imidazole rings is 1. The van der Waals surface area contributed by atoms with Crippen molar-refractivity contribution in [2.24, 2.45) is 5.92 Å². The predicted octanol–water partition coefficient (Wildman–Crippen LogP) is 3.02. The predicted molar refractivity (Wildman–Crippen MR) is 116 cm³/mol. The molecule has 2 aromatic rings. The van der Waals surface area contributed by atoms with Gasteiger partial charge >= 0.3 is 0 Å². The minimum atomic E-state index is -0.0641. The van der Waals surface area contributed by atoms with E-state index in [1.807, 2.05) is 54.0 Å². The van der Waals surface area contributed by atoms with Gasteiger partial charge in [-0.1, -0.05) is 18.2 Å². The quantitative estimate of drug-likeness (QED) is 0.763. The number of hydrogen-bond acceptors (Lipinski definition) is 4. The highest BCUT2D eigenvalue weighted by Crippen LogP contribution is 2.24. The molecular weight excluding hydrogens is 400 g/mol. The second-order valence-corrected chi connectivity index (χ2v) is 8.60. The zero-order valence-electron chi connectivity index (χ0n) is 17.4. The Morgan fingerprint density at radius 1 is 1.03 bits per heavy atom. The summed E-state index contributed by atoms with van der Waals surface area (Å²) in [5, 5.41) is 0. The lowest BCUT2D eigenvalue weighted by Crippen LogP contribution is -2.51. The van der Waals surface area contributed by atoms with Crippen LogP contribution in [-0.4, -0.2) is 69.6 Å². The third-order valence-electron chi connectivity index (χ3n) is 5.87. The van der Waals surface area contributed by atoms with Gasteiger partial charge in [0, 0.05) is 44.0 Å². The van der Waals surface area contributed by atoms with Crippen LogP contribution in [0.3, 0.4) is 0 Å². The minimum absolute atomic E-state index is 0.0338. The highest BCUT2D eigenvalue weighted by Gasteiger charge is 2.34. The first-order chi connectivity index (χ1) is 14.4. The molecule has 1 aromatic carbocycles.